The van der Waals surface area contributed by atoms with Crippen LogP contribution in [0.5, 0.6) is 0 Å². The third kappa shape index (κ3) is 5.58. The number of piperidine rings is 1. The third-order valence-corrected chi connectivity index (χ3v) is 5.18. The predicted molar refractivity (Wildman–Crippen MR) is 105 cm³/mol. The highest BCUT2D eigenvalue weighted by Gasteiger charge is 2.35. The molecule has 1 aromatic heterocycles. The molecule has 144 valence electrons. The molecule has 1 aromatic rings. The van der Waals surface area contributed by atoms with E-state index in [9.17, 15) is 4.79 Å². The average molecular weight is 392 g/mol. The Balaban J connectivity index is 0.00000156. The number of likely N-dealkylation sites (tertiary alicyclic amines) is 1. The maximum Gasteiger partial charge on any atom is 0.225 e. The molecule has 2 saturated heterocycles. The van der Waals surface area contributed by atoms with Crippen LogP contribution in [-0.2, 0) is 11.8 Å². The van der Waals surface area contributed by atoms with E-state index in [-0.39, 0.29) is 42.6 Å². The second kappa shape index (κ2) is 10.4. The molecule has 2 fully saturated rings. The van der Waals surface area contributed by atoms with E-state index in [0.29, 0.717) is 6.04 Å². The molecule has 2 aliphatic rings. The van der Waals surface area contributed by atoms with Crippen molar-refractivity contribution in [2.75, 3.05) is 32.7 Å². The van der Waals surface area contributed by atoms with Gasteiger partial charge in [0.2, 0.25) is 5.91 Å². The molecule has 6 nitrogen and oxygen atoms in total. The zero-order chi connectivity index (χ0) is 16.2. The van der Waals surface area contributed by atoms with Gasteiger partial charge in [0.25, 0.3) is 0 Å². The summed E-state index contributed by atoms with van der Waals surface area (Å²) in [7, 11) is 1.92. The van der Waals surface area contributed by atoms with Gasteiger partial charge in [-0.2, -0.15) is 5.10 Å². The van der Waals surface area contributed by atoms with Gasteiger partial charge in [0, 0.05) is 51.4 Å². The van der Waals surface area contributed by atoms with E-state index < -0.39 is 0 Å². The summed E-state index contributed by atoms with van der Waals surface area (Å²) >= 11 is 0. The minimum Gasteiger partial charge on any atom is -0.353 e. The van der Waals surface area contributed by atoms with E-state index in [4.69, 9.17) is 0 Å². The largest absolute Gasteiger partial charge is 0.353 e. The Morgan fingerprint density at radius 2 is 2.04 bits per heavy atom. The summed E-state index contributed by atoms with van der Waals surface area (Å²) in [5, 5.41) is 10.9. The molecule has 0 bridgehead atoms. The van der Waals surface area contributed by atoms with E-state index in [1.54, 1.807) is 0 Å². The number of amides is 1. The van der Waals surface area contributed by atoms with E-state index in [2.05, 4.69) is 27.6 Å². The van der Waals surface area contributed by atoms with Gasteiger partial charge in [-0.25, -0.2) is 0 Å². The van der Waals surface area contributed by atoms with Gasteiger partial charge in [0.1, 0.15) is 0 Å². The lowest BCUT2D eigenvalue weighted by Gasteiger charge is -2.33. The molecule has 0 saturated carbocycles. The zero-order valence-electron chi connectivity index (χ0n) is 15.1. The predicted octanol–water partition coefficient (Wildman–Crippen LogP) is 1.56. The fourth-order valence-electron chi connectivity index (χ4n) is 3.86. The van der Waals surface area contributed by atoms with Crippen LogP contribution in [0.25, 0.3) is 0 Å². The van der Waals surface area contributed by atoms with Gasteiger partial charge >= 0.3 is 0 Å². The quantitative estimate of drug-likeness (QED) is 0.799. The maximum absolute atomic E-state index is 12.7. The van der Waals surface area contributed by atoms with Crippen LogP contribution in [0.4, 0.5) is 0 Å². The van der Waals surface area contributed by atoms with Crippen molar-refractivity contribution < 1.29 is 4.79 Å². The molecule has 2 aliphatic heterocycles. The molecule has 0 spiro atoms. The minimum atomic E-state index is 0. The summed E-state index contributed by atoms with van der Waals surface area (Å²) in [5.74, 6) is 0.467. The minimum absolute atomic E-state index is 0. The molecule has 3 heterocycles. The first-order valence-corrected chi connectivity index (χ1v) is 8.89. The van der Waals surface area contributed by atoms with Crippen LogP contribution >= 0.6 is 24.8 Å². The topological polar surface area (TPSA) is 62.2 Å². The second-order valence-electron chi connectivity index (χ2n) is 6.94. The number of hydrogen-bond donors (Lipinski definition) is 2. The van der Waals surface area contributed by atoms with Crippen LogP contribution < -0.4 is 10.6 Å². The van der Waals surface area contributed by atoms with Gasteiger partial charge in [0.15, 0.2) is 0 Å². The molecule has 0 aromatic carbocycles. The highest BCUT2D eigenvalue weighted by Crippen LogP contribution is 2.28. The van der Waals surface area contributed by atoms with Crippen LogP contribution in [0.2, 0.25) is 0 Å². The first-order valence-electron chi connectivity index (χ1n) is 8.89. The van der Waals surface area contributed by atoms with Crippen molar-refractivity contribution in [2.45, 2.75) is 38.1 Å². The highest BCUT2D eigenvalue weighted by molar-refractivity contribution is 5.85. The number of carbonyl (C=O) groups excluding carboxylic acids is 1. The van der Waals surface area contributed by atoms with Gasteiger partial charge in [-0.3, -0.25) is 9.48 Å². The first kappa shape index (κ1) is 22.2. The monoisotopic (exact) mass is 391 g/mol. The summed E-state index contributed by atoms with van der Waals surface area (Å²) in [4.78, 5) is 15.2. The lowest BCUT2D eigenvalue weighted by molar-refractivity contribution is -0.125. The molecule has 2 atom stereocenters. The van der Waals surface area contributed by atoms with E-state index >= 15 is 0 Å². The van der Waals surface area contributed by atoms with Gasteiger partial charge in [-0.05, 0) is 31.4 Å². The smallest absolute Gasteiger partial charge is 0.225 e. The Hall–Kier alpha value is -0.820. The number of aromatic nitrogens is 2. The standard InChI is InChI=1S/C17H29N5O.2ClH/c1-3-6-22-7-4-14(5-8-22)20-17(23)16-11-18-10-15(16)13-9-19-21(2)12-13;;/h9,12,14-16,18H,3-8,10-11H2,1-2H3,(H,20,23);2*1H/t15-,16+;;/m1../s1. The molecule has 0 radical (unpaired) electrons. The SMILES string of the molecule is CCCN1CCC(NC(=O)[C@H]2CNC[C@@H]2c2cnn(C)c2)CC1.Cl.Cl. The molecule has 1 amide bonds. The average Bonchev–Trinajstić information content (AvgIpc) is 3.18. The first-order chi connectivity index (χ1) is 11.2. The number of nitrogens with one attached hydrogen (secondary N) is 2. The third-order valence-electron chi connectivity index (χ3n) is 5.18. The Bertz CT molecular complexity index is 531. The molecule has 0 aliphatic carbocycles. The Morgan fingerprint density at radius 3 is 2.64 bits per heavy atom. The highest BCUT2D eigenvalue weighted by atomic mass is 35.5. The lowest BCUT2D eigenvalue weighted by Crippen LogP contribution is -2.47. The van der Waals surface area contributed by atoms with E-state index in [1.165, 1.54) is 13.0 Å². The molecule has 3 rings (SSSR count). The molecule has 2 N–H and O–H groups in total. The molecule has 0 unspecified atom stereocenters. The second-order valence-corrected chi connectivity index (χ2v) is 6.94. The number of hydrogen-bond acceptors (Lipinski definition) is 4. The normalized spacial score (nSPS) is 24.4. The zero-order valence-corrected chi connectivity index (χ0v) is 16.7. The van der Waals surface area contributed by atoms with Gasteiger partial charge < -0.3 is 15.5 Å². The van der Waals surface area contributed by atoms with E-state index in [1.807, 2.05) is 24.1 Å². The number of nitrogens with zero attached hydrogens (tertiary/aromatic N) is 3. The molecular formula is C17H31Cl2N5O. The summed E-state index contributed by atoms with van der Waals surface area (Å²) in [6.07, 6.45) is 7.27. The maximum atomic E-state index is 12.7. The number of rotatable bonds is 5. The van der Waals surface area contributed by atoms with Crippen molar-refractivity contribution in [1.82, 2.24) is 25.3 Å². The fourth-order valence-corrected chi connectivity index (χ4v) is 3.86. The van der Waals surface area contributed by atoms with Crippen LogP contribution in [0.3, 0.4) is 0 Å². The Kier molecular flexibility index (Phi) is 9.21. The van der Waals surface area contributed by atoms with Crippen molar-refractivity contribution >= 4 is 30.7 Å². The summed E-state index contributed by atoms with van der Waals surface area (Å²) in [5.41, 5.74) is 1.16. The van der Waals surface area contributed by atoms with Gasteiger partial charge in [0.05, 0.1) is 12.1 Å². The fraction of sp³-hybridized carbons (Fsp3) is 0.765. The van der Waals surface area contributed by atoms with Crippen molar-refractivity contribution in [2.24, 2.45) is 13.0 Å². The van der Waals surface area contributed by atoms with Gasteiger partial charge in [-0.15, -0.1) is 24.8 Å². The summed E-state index contributed by atoms with van der Waals surface area (Å²) in [6, 6.07) is 0.339. The van der Waals surface area contributed by atoms with E-state index in [0.717, 1.165) is 44.6 Å². The number of aryl methyl sites for hydroxylation is 1. The molecular weight excluding hydrogens is 361 g/mol. The van der Waals surface area contributed by atoms with Crippen LogP contribution in [0.15, 0.2) is 12.4 Å². The van der Waals surface area contributed by atoms with Crippen molar-refractivity contribution in [1.29, 1.82) is 0 Å². The number of halogens is 2. The lowest BCUT2D eigenvalue weighted by atomic mass is 9.89. The Morgan fingerprint density at radius 1 is 1.32 bits per heavy atom. The number of carbonyl (C=O) groups is 1. The van der Waals surface area contributed by atoms with Crippen LogP contribution in [-0.4, -0.2) is 59.4 Å². The van der Waals surface area contributed by atoms with Crippen molar-refractivity contribution in [3.8, 4) is 0 Å². The molecule has 8 heteroatoms. The van der Waals surface area contributed by atoms with Crippen LogP contribution in [0, 0.1) is 5.92 Å². The van der Waals surface area contributed by atoms with Crippen molar-refractivity contribution in [3.63, 3.8) is 0 Å². The van der Waals surface area contributed by atoms with Crippen LogP contribution in [0.1, 0.15) is 37.7 Å². The summed E-state index contributed by atoms with van der Waals surface area (Å²) < 4.78 is 1.81. The summed E-state index contributed by atoms with van der Waals surface area (Å²) in [6.45, 7) is 7.23. The Labute approximate surface area is 162 Å². The van der Waals surface area contributed by atoms with Gasteiger partial charge in [-0.1, -0.05) is 6.92 Å². The molecule has 25 heavy (non-hydrogen) atoms. The van der Waals surface area contributed by atoms with Crippen molar-refractivity contribution in [3.05, 3.63) is 18.0 Å².